The van der Waals surface area contributed by atoms with Gasteiger partial charge in [-0.2, -0.15) is 0 Å². The Balaban J connectivity index is 3.30. The van der Waals surface area contributed by atoms with Crippen molar-refractivity contribution in [1.29, 1.82) is 0 Å². The van der Waals surface area contributed by atoms with Gasteiger partial charge in [0.1, 0.15) is 5.75 Å². The van der Waals surface area contributed by atoms with Gasteiger partial charge in [-0.15, -0.1) is 0 Å². The molecule has 1 N–H and O–H groups in total. The molecule has 108 valence electrons. The third-order valence-electron chi connectivity index (χ3n) is 3.16. The fourth-order valence-electron chi connectivity index (χ4n) is 2.22. The monoisotopic (exact) mass is 267 g/mol. The molecule has 0 saturated carbocycles. The van der Waals surface area contributed by atoms with Crippen LogP contribution in [0, 0.1) is 5.92 Å². The van der Waals surface area contributed by atoms with Gasteiger partial charge in [-0.25, -0.2) is 0 Å². The maximum absolute atomic E-state index is 5.49. The SMILES string of the molecule is CCNC(c1cc(OC)c(OC)cc1OC)C(C)C. The highest BCUT2D eigenvalue weighted by Crippen LogP contribution is 2.39. The number of methoxy groups -OCH3 is 3. The summed E-state index contributed by atoms with van der Waals surface area (Å²) >= 11 is 0. The second-order valence-electron chi connectivity index (χ2n) is 4.73. The standard InChI is InChI=1S/C15H25NO3/c1-7-16-15(10(2)3)11-8-13(18-5)14(19-6)9-12(11)17-4/h8-10,15-16H,7H2,1-6H3. The van der Waals surface area contributed by atoms with Gasteiger partial charge < -0.3 is 19.5 Å². The Morgan fingerprint density at radius 1 is 0.947 bits per heavy atom. The topological polar surface area (TPSA) is 39.7 Å². The molecule has 0 aliphatic rings. The van der Waals surface area contributed by atoms with E-state index in [0.29, 0.717) is 11.7 Å². The average molecular weight is 267 g/mol. The summed E-state index contributed by atoms with van der Waals surface area (Å²) < 4.78 is 16.2. The lowest BCUT2D eigenvalue weighted by atomic mass is 9.94. The molecule has 0 spiro atoms. The highest BCUT2D eigenvalue weighted by molar-refractivity contribution is 5.52. The summed E-state index contributed by atoms with van der Waals surface area (Å²) in [5, 5.41) is 3.49. The van der Waals surface area contributed by atoms with Crippen molar-refractivity contribution in [1.82, 2.24) is 5.32 Å². The Morgan fingerprint density at radius 3 is 1.89 bits per heavy atom. The second kappa shape index (κ2) is 7.24. The van der Waals surface area contributed by atoms with E-state index in [1.807, 2.05) is 12.1 Å². The van der Waals surface area contributed by atoms with Crippen LogP contribution in [-0.4, -0.2) is 27.9 Å². The molecule has 0 amide bonds. The van der Waals surface area contributed by atoms with Gasteiger partial charge in [0.05, 0.1) is 21.3 Å². The van der Waals surface area contributed by atoms with E-state index in [0.717, 1.165) is 23.6 Å². The van der Waals surface area contributed by atoms with Crippen LogP contribution in [0.2, 0.25) is 0 Å². The maximum Gasteiger partial charge on any atom is 0.164 e. The molecule has 0 bridgehead atoms. The lowest BCUT2D eigenvalue weighted by Gasteiger charge is -2.25. The fraction of sp³-hybridized carbons (Fsp3) is 0.600. The number of ether oxygens (including phenoxy) is 3. The zero-order valence-corrected chi connectivity index (χ0v) is 12.7. The number of rotatable bonds is 7. The Morgan fingerprint density at radius 2 is 1.47 bits per heavy atom. The van der Waals surface area contributed by atoms with Crippen molar-refractivity contribution in [3.63, 3.8) is 0 Å². The first kappa shape index (κ1) is 15.6. The van der Waals surface area contributed by atoms with Gasteiger partial charge in [0.25, 0.3) is 0 Å². The van der Waals surface area contributed by atoms with Crippen LogP contribution in [0.3, 0.4) is 0 Å². The summed E-state index contributed by atoms with van der Waals surface area (Å²) in [6, 6.07) is 4.09. The zero-order chi connectivity index (χ0) is 14.4. The van der Waals surface area contributed by atoms with Crippen molar-refractivity contribution < 1.29 is 14.2 Å². The van der Waals surface area contributed by atoms with Crippen molar-refractivity contribution in [2.45, 2.75) is 26.8 Å². The van der Waals surface area contributed by atoms with Crippen LogP contribution in [0.5, 0.6) is 17.2 Å². The summed E-state index contributed by atoms with van der Waals surface area (Å²) in [6.07, 6.45) is 0. The van der Waals surface area contributed by atoms with Gasteiger partial charge in [0.2, 0.25) is 0 Å². The van der Waals surface area contributed by atoms with Crippen LogP contribution >= 0.6 is 0 Å². The third-order valence-corrected chi connectivity index (χ3v) is 3.16. The first-order valence-corrected chi connectivity index (χ1v) is 6.62. The number of hydrogen-bond acceptors (Lipinski definition) is 4. The molecule has 1 rings (SSSR count). The molecule has 1 atom stereocenters. The predicted molar refractivity (Wildman–Crippen MR) is 77.4 cm³/mol. The van der Waals surface area contributed by atoms with E-state index < -0.39 is 0 Å². The summed E-state index contributed by atoms with van der Waals surface area (Å²) in [5.74, 6) is 2.67. The van der Waals surface area contributed by atoms with E-state index in [1.165, 1.54) is 0 Å². The molecule has 0 aliphatic heterocycles. The Hall–Kier alpha value is -1.42. The molecule has 0 radical (unpaired) electrons. The number of nitrogens with one attached hydrogen (secondary N) is 1. The summed E-state index contributed by atoms with van der Waals surface area (Å²) in [4.78, 5) is 0. The Bertz CT molecular complexity index is 405. The van der Waals surface area contributed by atoms with Crippen LogP contribution in [0.1, 0.15) is 32.4 Å². The smallest absolute Gasteiger partial charge is 0.164 e. The molecule has 1 unspecified atom stereocenters. The zero-order valence-electron chi connectivity index (χ0n) is 12.7. The fourth-order valence-corrected chi connectivity index (χ4v) is 2.22. The van der Waals surface area contributed by atoms with Gasteiger partial charge in [0, 0.05) is 17.7 Å². The molecular formula is C15H25NO3. The second-order valence-corrected chi connectivity index (χ2v) is 4.73. The molecule has 0 heterocycles. The van der Waals surface area contributed by atoms with Crippen molar-refractivity contribution >= 4 is 0 Å². The predicted octanol–water partition coefficient (Wildman–Crippen LogP) is 3.02. The van der Waals surface area contributed by atoms with Gasteiger partial charge in [-0.05, 0) is 18.5 Å². The van der Waals surface area contributed by atoms with Gasteiger partial charge >= 0.3 is 0 Å². The average Bonchev–Trinajstić information content (AvgIpc) is 2.42. The van der Waals surface area contributed by atoms with Crippen LogP contribution in [0.25, 0.3) is 0 Å². The summed E-state index contributed by atoms with van der Waals surface area (Å²) in [7, 11) is 4.95. The first-order chi connectivity index (χ1) is 9.08. The molecule has 4 nitrogen and oxygen atoms in total. The Kier molecular flexibility index (Phi) is 5.96. The minimum absolute atomic E-state index is 0.222. The van der Waals surface area contributed by atoms with Gasteiger partial charge in [-0.3, -0.25) is 0 Å². The van der Waals surface area contributed by atoms with Crippen LogP contribution in [-0.2, 0) is 0 Å². The highest BCUT2D eigenvalue weighted by Gasteiger charge is 2.21. The lowest BCUT2D eigenvalue weighted by Crippen LogP contribution is -2.26. The van der Waals surface area contributed by atoms with Crippen LogP contribution < -0.4 is 19.5 Å². The van der Waals surface area contributed by atoms with Crippen molar-refractivity contribution in [3.05, 3.63) is 17.7 Å². The van der Waals surface area contributed by atoms with Gasteiger partial charge in [-0.1, -0.05) is 20.8 Å². The molecule has 1 aromatic rings. The molecule has 0 aromatic heterocycles. The number of benzene rings is 1. The van der Waals surface area contributed by atoms with E-state index >= 15 is 0 Å². The Labute approximate surface area is 116 Å². The largest absolute Gasteiger partial charge is 0.496 e. The first-order valence-electron chi connectivity index (χ1n) is 6.62. The van der Waals surface area contributed by atoms with E-state index in [2.05, 4.69) is 26.1 Å². The van der Waals surface area contributed by atoms with Crippen molar-refractivity contribution in [2.24, 2.45) is 5.92 Å². The third kappa shape index (κ3) is 3.53. The quantitative estimate of drug-likeness (QED) is 0.824. The molecule has 0 saturated heterocycles. The van der Waals surface area contributed by atoms with Crippen LogP contribution in [0.15, 0.2) is 12.1 Å². The summed E-state index contributed by atoms with van der Waals surface area (Å²) in [5.41, 5.74) is 1.09. The molecule has 19 heavy (non-hydrogen) atoms. The van der Waals surface area contributed by atoms with Crippen molar-refractivity contribution in [3.8, 4) is 17.2 Å². The van der Waals surface area contributed by atoms with Gasteiger partial charge in [0.15, 0.2) is 11.5 Å². The minimum atomic E-state index is 0.222. The van der Waals surface area contributed by atoms with E-state index in [4.69, 9.17) is 14.2 Å². The van der Waals surface area contributed by atoms with Crippen LogP contribution in [0.4, 0.5) is 0 Å². The van der Waals surface area contributed by atoms with E-state index in [-0.39, 0.29) is 6.04 Å². The highest BCUT2D eigenvalue weighted by atomic mass is 16.5. The molecule has 1 aromatic carbocycles. The lowest BCUT2D eigenvalue weighted by molar-refractivity contribution is 0.339. The normalized spacial score (nSPS) is 12.4. The molecular weight excluding hydrogens is 242 g/mol. The summed E-state index contributed by atoms with van der Waals surface area (Å²) in [6.45, 7) is 7.37. The molecule has 0 fully saturated rings. The minimum Gasteiger partial charge on any atom is -0.496 e. The maximum atomic E-state index is 5.49. The van der Waals surface area contributed by atoms with E-state index in [9.17, 15) is 0 Å². The van der Waals surface area contributed by atoms with E-state index in [1.54, 1.807) is 21.3 Å². The number of hydrogen-bond donors (Lipinski definition) is 1. The molecule has 0 aliphatic carbocycles. The molecule has 4 heteroatoms. The van der Waals surface area contributed by atoms with Crippen molar-refractivity contribution in [2.75, 3.05) is 27.9 Å².